The van der Waals surface area contributed by atoms with E-state index in [2.05, 4.69) is 15.9 Å². The van der Waals surface area contributed by atoms with E-state index < -0.39 is 12.0 Å². The number of carbonyl (C=O) groups is 1. The van der Waals surface area contributed by atoms with Crippen molar-refractivity contribution in [2.75, 3.05) is 20.3 Å². The number of aliphatic imine (C=N–C) groups is 1. The summed E-state index contributed by atoms with van der Waals surface area (Å²) in [5.74, 6) is 0.895. The molecule has 3 aromatic carbocycles. The highest BCUT2D eigenvalue weighted by Crippen LogP contribution is 2.40. The van der Waals surface area contributed by atoms with E-state index in [4.69, 9.17) is 19.2 Å². The minimum absolute atomic E-state index is 0.328. The molecule has 158 valence electrons. The van der Waals surface area contributed by atoms with Gasteiger partial charge in [-0.3, -0.25) is 4.99 Å². The van der Waals surface area contributed by atoms with Gasteiger partial charge < -0.3 is 14.2 Å². The molecule has 0 N–H and O–H groups in total. The van der Waals surface area contributed by atoms with E-state index in [1.54, 1.807) is 0 Å². The van der Waals surface area contributed by atoms with Crippen molar-refractivity contribution in [3.63, 3.8) is 0 Å². The highest BCUT2D eigenvalue weighted by molar-refractivity contribution is 9.10. The molecule has 0 bridgehead atoms. The van der Waals surface area contributed by atoms with Crippen LogP contribution < -0.4 is 9.47 Å². The molecule has 0 aliphatic carbocycles. The Balaban J connectivity index is 1.77. The van der Waals surface area contributed by atoms with Gasteiger partial charge in [0.15, 0.2) is 17.5 Å². The van der Waals surface area contributed by atoms with Gasteiger partial charge in [0.05, 0.1) is 17.3 Å². The number of halogens is 1. The first kappa shape index (κ1) is 21.1. The zero-order valence-electron chi connectivity index (χ0n) is 17.1. The summed E-state index contributed by atoms with van der Waals surface area (Å²) in [6, 6.07) is 22.8. The fourth-order valence-corrected chi connectivity index (χ4v) is 3.94. The maximum absolute atomic E-state index is 12.7. The van der Waals surface area contributed by atoms with Crippen LogP contribution in [0.5, 0.6) is 11.5 Å². The van der Waals surface area contributed by atoms with E-state index in [-0.39, 0.29) is 0 Å². The van der Waals surface area contributed by atoms with Crippen molar-refractivity contribution in [1.29, 1.82) is 0 Å². The average Bonchev–Trinajstić information content (AvgIpc) is 2.84. The first-order valence-corrected chi connectivity index (χ1v) is 10.8. The van der Waals surface area contributed by atoms with Crippen molar-refractivity contribution in [1.82, 2.24) is 0 Å². The van der Waals surface area contributed by atoms with Crippen LogP contribution in [-0.4, -0.2) is 38.0 Å². The summed E-state index contributed by atoms with van der Waals surface area (Å²) in [5, 5.41) is 0. The van der Waals surface area contributed by atoms with Gasteiger partial charge in [0, 0.05) is 23.1 Å². The van der Waals surface area contributed by atoms with Crippen molar-refractivity contribution in [2.24, 2.45) is 4.99 Å². The summed E-state index contributed by atoms with van der Waals surface area (Å²) in [7, 11) is 1.38. The fourth-order valence-electron chi connectivity index (χ4n) is 3.51. The van der Waals surface area contributed by atoms with E-state index >= 15 is 0 Å². The lowest BCUT2D eigenvalue weighted by Crippen LogP contribution is -2.26. The molecule has 1 heterocycles. The molecule has 31 heavy (non-hydrogen) atoms. The summed E-state index contributed by atoms with van der Waals surface area (Å²) >= 11 is 3.50. The number of hydrogen-bond acceptors (Lipinski definition) is 5. The molecule has 1 aliphatic heterocycles. The monoisotopic (exact) mass is 479 g/mol. The SMILES string of the molecule is COC(=O)C(Cc1ccc(Br)c2c1OCCO2)N=C(c1ccccc1)c1ccccc1. The lowest BCUT2D eigenvalue weighted by atomic mass is 10.00. The number of carbonyl (C=O) groups excluding carboxylic acids is 1. The fraction of sp³-hybridized carbons (Fsp3) is 0.200. The van der Waals surface area contributed by atoms with Crippen molar-refractivity contribution >= 4 is 27.6 Å². The number of methoxy groups -OCH3 is 1. The second-order valence-corrected chi connectivity index (χ2v) is 7.87. The van der Waals surface area contributed by atoms with Crippen LogP contribution in [0.3, 0.4) is 0 Å². The molecule has 0 fully saturated rings. The highest BCUT2D eigenvalue weighted by atomic mass is 79.9. The first-order chi connectivity index (χ1) is 15.2. The minimum atomic E-state index is -0.740. The van der Waals surface area contributed by atoms with Crippen LogP contribution >= 0.6 is 15.9 Å². The van der Waals surface area contributed by atoms with Crippen LogP contribution in [0.25, 0.3) is 0 Å². The summed E-state index contributed by atoms with van der Waals surface area (Å²) in [6.45, 7) is 0.946. The lowest BCUT2D eigenvalue weighted by Gasteiger charge is -2.23. The third kappa shape index (κ3) is 4.80. The van der Waals surface area contributed by atoms with Crippen molar-refractivity contribution in [3.8, 4) is 11.5 Å². The zero-order chi connectivity index (χ0) is 21.6. The summed E-state index contributed by atoms with van der Waals surface area (Å²) in [6.07, 6.45) is 0.328. The quantitative estimate of drug-likeness (QED) is 0.374. The lowest BCUT2D eigenvalue weighted by molar-refractivity contribution is -0.142. The Morgan fingerprint density at radius 2 is 1.52 bits per heavy atom. The number of nitrogens with zero attached hydrogens (tertiary/aromatic N) is 1. The van der Waals surface area contributed by atoms with E-state index in [1.165, 1.54) is 7.11 Å². The molecule has 1 aliphatic rings. The Morgan fingerprint density at radius 1 is 0.935 bits per heavy atom. The second-order valence-electron chi connectivity index (χ2n) is 7.01. The minimum Gasteiger partial charge on any atom is -0.486 e. The van der Waals surface area contributed by atoms with Crippen LogP contribution in [0.15, 0.2) is 82.3 Å². The molecule has 0 saturated heterocycles. The topological polar surface area (TPSA) is 57.1 Å². The van der Waals surface area contributed by atoms with Gasteiger partial charge in [0.25, 0.3) is 0 Å². The number of esters is 1. The van der Waals surface area contributed by atoms with Crippen LogP contribution in [-0.2, 0) is 16.0 Å². The van der Waals surface area contributed by atoms with Crippen LogP contribution in [0.1, 0.15) is 16.7 Å². The molecule has 0 saturated carbocycles. The van der Waals surface area contributed by atoms with Crippen LogP contribution in [0.2, 0.25) is 0 Å². The Bertz CT molecular complexity index is 1040. The number of hydrogen-bond donors (Lipinski definition) is 0. The van der Waals surface area contributed by atoms with Gasteiger partial charge in [-0.05, 0) is 22.0 Å². The summed E-state index contributed by atoms with van der Waals surface area (Å²) in [5.41, 5.74) is 3.44. The van der Waals surface area contributed by atoms with Gasteiger partial charge >= 0.3 is 5.97 Å². The molecular formula is C25H22BrNO4. The molecule has 1 unspecified atom stereocenters. The normalized spacial score (nSPS) is 13.2. The van der Waals surface area contributed by atoms with Gasteiger partial charge in [-0.2, -0.15) is 0 Å². The molecule has 0 radical (unpaired) electrons. The largest absolute Gasteiger partial charge is 0.486 e. The first-order valence-electron chi connectivity index (χ1n) is 10.0. The Morgan fingerprint density at radius 3 is 2.10 bits per heavy atom. The summed E-state index contributed by atoms with van der Waals surface area (Å²) < 4.78 is 17.5. The highest BCUT2D eigenvalue weighted by Gasteiger charge is 2.26. The molecule has 0 spiro atoms. The predicted molar refractivity (Wildman–Crippen MR) is 123 cm³/mol. The molecule has 3 aromatic rings. The van der Waals surface area contributed by atoms with Crippen LogP contribution in [0, 0.1) is 0 Å². The average molecular weight is 480 g/mol. The van der Waals surface area contributed by atoms with Gasteiger partial charge in [0.1, 0.15) is 13.2 Å². The van der Waals surface area contributed by atoms with E-state index in [0.29, 0.717) is 31.1 Å². The van der Waals surface area contributed by atoms with Crippen molar-refractivity contribution in [3.05, 3.63) is 94.0 Å². The molecule has 0 amide bonds. The van der Waals surface area contributed by atoms with Gasteiger partial charge in [-0.15, -0.1) is 0 Å². The second kappa shape index (κ2) is 9.79. The number of rotatable bonds is 6. The maximum Gasteiger partial charge on any atom is 0.330 e. The van der Waals surface area contributed by atoms with E-state index in [1.807, 2.05) is 72.8 Å². The van der Waals surface area contributed by atoms with Gasteiger partial charge in [-0.25, -0.2) is 4.79 Å². The van der Waals surface area contributed by atoms with E-state index in [0.717, 1.165) is 26.9 Å². The predicted octanol–water partition coefficient (Wildman–Crippen LogP) is 4.84. The van der Waals surface area contributed by atoms with Gasteiger partial charge in [-0.1, -0.05) is 66.7 Å². The molecule has 5 nitrogen and oxygen atoms in total. The van der Waals surface area contributed by atoms with Gasteiger partial charge in [0.2, 0.25) is 0 Å². The van der Waals surface area contributed by atoms with Crippen LogP contribution in [0.4, 0.5) is 0 Å². The third-order valence-electron chi connectivity index (χ3n) is 4.99. The standard InChI is InChI=1S/C25H22BrNO4/c1-29-25(28)21(16-19-12-13-20(26)24-23(19)30-14-15-31-24)27-22(17-8-4-2-5-9-17)18-10-6-3-7-11-18/h2-13,21H,14-16H2,1H3. The summed E-state index contributed by atoms with van der Waals surface area (Å²) in [4.78, 5) is 17.6. The van der Waals surface area contributed by atoms with Crippen molar-refractivity contribution in [2.45, 2.75) is 12.5 Å². The molecule has 1 atom stereocenters. The smallest absolute Gasteiger partial charge is 0.330 e. The Hall–Kier alpha value is -3.12. The zero-order valence-corrected chi connectivity index (χ0v) is 18.7. The number of benzene rings is 3. The maximum atomic E-state index is 12.7. The molecular weight excluding hydrogens is 458 g/mol. The van der Waals surface area contributed by atoms with Crippen molar-refractivity contribution < 1.29 is 19.0 Å². The number of fused-ring (bicyclic) bond motifs is 1. The Labute approximate surface area is 189 Å². The third-order valence-corrected chi connectivity index (χ3v) is 5.61. The molecule has 6 heteroatoms. The Kier molecular flexibility index (Phi) is 6.67. The molecule has 4 rings (SSSR count). The van der Waals surface area contributed by atoms with E-state index in [9.17, 15) is 4.79 Å². The molecule has 0 aromatic heterocycles. The number of ether oxygens (including phenoxy) is 3.